The van der Waals surface area contributed by atoms with Gasteiger partial charge in [0.15, 0.2) is 0 Å². The number of nitrogens with one attached hydrogen (secondary N) is 3. The molecule has 11 nitrogen and oxygen atoms in total. The maximum absolute atomic E-state index is 11.8. The minimum absolute atomic E-state index is 0.0788. The lowest BCUT2D eigenvalue weighted by Crippen LogP contribution is -2.66. The Morgan fingerprint density at radius 1 is 0.863 bits per heavy atom. The van der Waals surface area contributed by atoms with E-state index >= 15 is 0 Å². The Kier molecular flexibility index (Phi) is 8.71. The zero-order valence-corrected chi connectivity index (χ0v) is 29.8. The quantitative estimate of drug-likeness (QED) is 0.215. The van der Waals surface area contributed by atoms with E-state index in [9.17, 15) is 9.59 Å². The first kappa shape index (κ1) is 33.3. The summed E-state index contributed by atoms with van der Waals surface area (Å²) in [6, 6.07) is 15.3. The molecule has 2 unspecified atom stereocenters. The second-order valence-corrected chi connectivity index (χ2v) is 14.5. The maximum Gasteiger partial charge on any atom is 0.237 e. The molecular formula is C40H45N7O4. The van der Waals surface area contributed by atoms with Crippen molar-refractivity contribution in [2.45, 2.75) is 76.5 Å². The second-order valence-electron chi connectivity index (χ2n) is 14.5. The molecule has 2 atom stereocenters. The summed E-state index contributed by atoms with van der Waals surface area (Å²) < 4.78 is 11.6. The summed E-state index contributed by atoms with van der Waals surface area (Å²) in [7, 11) is 3.33. The number of nitrogens with zero attached hydrogens (tertiary/aromatic N) is 4. The standard InChI is InChI=1S/C40H45N7O4/c1-23-27(7-5-9-29(23)32-17-25-11-13-31(37(25)39(44-32)51-4)41-18-26-12-14-35(48)43-26)28-8-6-10-30(24(28)2)33-19-42-34(38(45-33)50-3)20-47-21-40(22-47)16-15-36(49)46-40/h5-10,17,19,26,31,41H,11-16,18,20-22H2,1-4H3,(H,43,48)(H,46,49). The van der Waals surface area contributed by atoms with Crippen LogP contribution in [-0.2, 0) is 22.6 Å². The number of aromatic nitrogens is 3. The van der Waals surface area contributed by atoms with Crippen LogP contribution in [0, 0.1) is 13.8 Å². The van der Waals surface area contributed by atoms with Crippen LogP contribution in [0.5, 0.6) is 11.8 Å². The number of carbonyl (C=O) groups is 2. The number of hydrogen-bond acceptors (Lipinski definition) is 9. The SMILES string of the molecule is COc1nc(-c2cccc(-c3cccc(-c4cc5c(c(OC)n4)C(NCC4CCC(=O)N4)CC5)c3C)c2C)cnc1CN1CC2(CCC(=O)N2)C1. The van der Waals surface area contributed by atoms with Crippen LogP contribution in [0.3, 0.4) is 0 Å². The van der Waals surface area contributed by atoms with Gasteiger partial charge in [-0.05, 0) is 73.4 Å². The van der Waals surface area contributed by atoms with Crippen LogP contribution in [-0.4, -0.2) is 77.1 Å². The predicted molar refractivity (Wildman–Crippen MR) is 194 cm³/mol. The zero-order valence-electron chi connectivity index (χ0n) is 29.8. The van der Waals surface area contributed by atoms with E-state index < -0.39 is 0 Å². The Balaban J connectivity index is 1.04. The average Bonchev–Trinajstić information content (AvgIpc) is 3.85. The van der Waals surface area contributed by atoms with Crippen molar-refractivity contribution in [2.24, 2.45) is 0 Å². The van der Waals surface area contributed by atoms with E-state index in [1.54, 1.807) is 14.2 Å². The number of likely N-dealkylation sites (tertiary alicyclic amines) is 1. The minimum atomic E-state index is -0.0788. The molecule has 3 N–H and O–H groups in total. The first-order chi connectivity index (χ1) is 24.7. The average molecular weight is 688 g/mol. The van der Waals surface area contributed by atoms with Gasteiger partial charge in [0, 0.05) is 67.8 Å². The van der Waals surface area contributed by atoms with Crippen LogP contribution in [0.25, 0.3) is 33.6 Å². The summed E-state index contributed by atoms with van der Waals surface area (Å²) >= 11 is 0. The minimum Gasteiger partial charge on any atom is -0.481 e. The van der Waals surface area contributed by atoms with Gasteiger partial charge in [-0.3, -0.25) is 19.5 Å². The van der Waals surface area contributed by atoms with Crippen LogP contribution in [0.15, 0.2) is 48.7 Å². The highest BCUT2D eigenvalue weighted by atomic mass is 16.5. The summed E-state index contributed by atoms with van der Waals surface area (Å²) in [6.45, 7) is 7.29. The fourth-order valence-electron chi connectivity index (χ4n) is 8.57. The Hall–Kier alpha value is -4.87. The second kappa shape index (κ2) is 13.4. The lowest BCUT2D eigenvalue weighted by molar-refractivity contribution is -0.121. The van der Waals surface area contributed by atoms with Crippen molar-refractivity contribution in [3.8, 4) is 45.4 Å². The zero-order chi connectivity index (χ0) is 35.3. The van der Waals surface area contributed by atoms with Crippen molar-refractivity contribution in [2.75, 3.05) is 33.9 Å². The molecule has 1 spiro atoms. The third-order valence-electron chi connectivity index (χ3n) is 11.2. The molecule has 2 aromatic heterocycles. The molecule has 1 aliphatic carbocycles. The largest absolute Gasteiger partial charge is 0.481 e. The molecular weight excluding hydrogens is 642 g/mol. The van der Waals surface area contributed by atoms with Gasteiger partial charge >= 0.3 is 0 Å². The molecule has 2 amide bonds. The Morgan fingerprint density at radius 3 is 2.20 bits per heavy atom. The summed E-state index contributed by atoms with van der Waals surface area (Å²) in [6.07, 6.45) is 6.72. The lowest BCUT2D eigenvalue weighted by atomic mass is 9.88. The van der Waals surface area contributed by atoms with Gasteiger partial charge in [0.05, 0.1) is 37.3 Å². The van der Waals surface area contributed by atoms with Gasteiger partial charge in [-0.2, -0.15) is 0 Å². The Morgan fingerprint density at radius 2 is 1.55 bits per heavy atom. The van der Waals surface area contributed by atoms with Crippen LogP contribution in [0.2, 0.25) is 0 Å². The molecule has 3 fully saturated rings. The van der Waals surface area contributed by atoms with Crippen LogP contribution in [0.1, 0.15) is 66.1 Å². The van der Waals surface area contributed by atoms with Gasteiger partial charge in [0.2, 0.25) is 23.6 Å². The van der Waals surface area contributed by atoms with Crippen molar-refractivity contribution >= 4 is 11.8 Å². The number of fused-ring (bicyclic) bond motifs is 1. The van der Waals surface area contributed by atoms with Gasteiger partial charge in [0.25, 0.3) is 0 Å². The van der Waals surface area contributed by atoms with Crippen molar-refractivity contribution in [3.05, 3.63) is 76.6 Å². The van der Waals surface area contributed by atoms with Crippen molar-refractivity contribution < 1.29 is 19.1 Å². The van der Waals surface area contributed by atoms with E-state index in [2.05, 4.69) is 77.2 Å². The van der Waals surface area contributed by atoms with Gasteiger partial charge in [-0.15, -0.1) is 0 Å². The monoisotopic (exact) mass is 687 g/mol. The first-order valence-electron chi connectivity index (χ1n) is 18.0. The van der Waals surface area contributed by atoms with Gasteiger partial charge < -0.3 is 25.4 Å². The number of rotatable bonds is 10. The Labute approximate surface area is 298 Å². The van der Waals surface area contributed by atoms with E-state index in [1.807, 2.05) is 6.20 Å². The summed E-state index contributed by atoms with van der Waals surface area (Å²) in [4.78, 5) is 40.5. The molecule has 5 heterocycles. The molecule has 11 heteroatoms. The molecule has 0 bridgehead atoms. The normalized spacial score (nSPS) is 20.6. The van der Waals surface area contributed by atoms with Crippen molar-refractivity contribution in [1.29, 1.82) is 0 Å². The number of ether oxygens (including phenoxy) is 2. The van der Waals surface area contributed by atoms with E-state index in [1.165, 1.54) is 5.56 Å². The first-order valence-corrected chi connectivity index (χ1v) is 18.0. The van der Waals surface area contributed by atoms with Gasteiger partial charge in [-0.25, -0.2) is 9.97 Å². The molecule has 3 saturated heterocycles. The van der Waals surface area contributed by atoms with Gasteiger partial charge in [-0.1, -0.05) is 36.4 Å². The van der Waals surface area contributed by atoms with Crippen LogP contribution in [0.4, 0.5) is 0 Å². The van der Waals surface area contributed by atoms with Gasteiger partial charge in [0.1, 0.15) is 5.69 Å². The lowest BCUT2D eigenvalue weighted by Gasteiger charge is -2.47. The molecule has 0 radical (unpaired) electrons. The molecule has 264 valence electrons. The highest BCUT2D eigenvalue weighted by molar-refractivity contribution is 5.83. The van der Waals surface area contributed by atoms with E-state index in [-0.39, 0.29) is 29.4 Å². The molecule has 3 aliphatic heterocycles. The number of carbonyl (C=O) groups excluding carboxylic acids is 2. The van der Waals surface area contributed by atoms with E-state index in [4.69, 9.17) is 24.4 Å². The third-order valence-corrected chi connectivity index (χ3v) is 11.2. The molecule has 8 rings (SSSR count). The van der Waals surface area contributed by atoms with E-state index in [0.717, 1.165) is 101 Å². The van der Waals surface area contributed by atoms with E-state index in [0.29, 0.717) is 31.1 Å². The topological polar surface area (TPSA) is 131 Å². The number of methoxy groups -OCH3 is 2. The number of pyridine rings is 1. The smallest absolute Gasteiger partial charge is 0.237 e. The van der Waals surface area contributed by atoms with Crippen LogP contribution < -0.4 is 25.4 Å². The number of benzene rings is 2. The third kappa shape index (κ3) is 6.22. The number of aryl methyl sites for hydroxylation is 1. The summed E-state index contributed by atoms with van der Waals surface area (Å²) in [5, 5.41) is 9.87. The molecule has 51 heavy (non-hydrogen) atoms. The number of hydrogen-bond donors (Lipinski definition) is 3. The fraction of sp³-hybridized carbons (Fsp3) is 0.425. The highest BCUT2D eigenvalue weighted by Gasteiger charge is 2.47. The maximum atomic E-state index is 11.8. The number of amides is 2. The summed E-state index contributed by atoms with van der Waals surface area (Å²) in [5.74, 6) is 1.46. The predicted octanol–water partition coefficient (Wildman–Crippen LogP) is 4.83. The van der Waals surface area contributed by atoms with Crippen molar-refractivity contribution in [1.82, 2.24) is 35.8 Å². The van der Waals surface area contributed by atoms with Crippen molar-refractivity contribution in [3.63, 3.8) is 0 Å². The molecule has 4 aliphatic rings. The molecule has 4 aromatic rings. The summed E-state index contributed by atoms with van der Waals surface area (Å²) in [5.41, 5.74) is 11.3. The molecule has 0 saturated carbocycles. The highest BCUT2D eigenvalue weighted by Crippen LogP contribution is 2.42. The fourth-order valence-corrected chi connectivity index (χ4v) is 8.57. The Bertz CT molecular complexity index is 2020. The molecule has 2 aromatic carbocycles. The van der Waals surface area contributed by atoms with Crippen LogP contribution >= 0.6 is 0 Å².